The van der Waals surface area contributed by atoms with Gasteiger partial charge in [-0.05, 0) is 29.8 Å². The van der Waals surface area contributed by atoms with E-state index in [9.17, 15) is 26.4 Å². The molecule has 1 amide bonds. The number of anilines is 1. The van der Waals surface area contributed by atoms with Crippen molar-refractivity contribution in [3.63, 3.8) is 0 Å². The summed E-state index contributed by atoms with van der Waals surface area (Å²) >= 11 is 6.07. The van der Waals surface area contributed by atoms with E-state index in [1.54, 1.807) is 38.4 Å². The normalized spacial score (nSPS) is 12.2. The molecule has 0 unspecified atom stereocenters. The second-order valence-corrected chi connectivity index (χ2v) is 9.34. The number of rotatable bonds is 7. The van der Waals surface area contributed by atoms with Crippen molar-refractivity contribution in [2.45, 2.75) is 17.5 Å². The number of hydrogen-bond donors (Lipinski definition) is 1. The van der Waals surface area contributed by atoms with Crippen molar-refractivity contribution in [3.05, 3.63) is 71.0 Å². The van der Waals surface area contributed by atoms with Gasteiger partial charge in [-0.3, -0.25) is 4.79 Å². The minimum atomic E-state index is -4.66. The van der Waals surface area contributed by atoms with Gasteiger partial charge in [0.15, 0.2) is 0 Å². The van der Waals surface area contributed by atoms with Crippen LogP contribution in [0, 0.1) is 0 Å². The molecule has 0 aliphatic heterocycles. The quantitative estimate of drug-likeness (QED) is 0.380. The van der Waals surface area contributed by atoms with E-state index in [-0.39, 0.29) is 17.8 Å². The fourth-order valence-corrected chi connectivity index (χ4v) is 4.15. The highest BCUT2D eigenvalue weighted by atomic mass is 35.5. The number of amides is 1. The molecule has 180 valence electrons. The Bertz CT molecular complexity index is 1340. The summed E-state index contributed by atoms with van der Waals surface area (Å²) in [4.78, 5) is 13.4. The Hall–Kier alpha value is -3.38. The largest absolute Gasteiger partial charge is 0.419 e. The molecular weight excluding hydrogens is 495 g/mol. The number of benzene rings is 2. The minimum Gasteiger partial charge on any atom is -0.368 e. The minimum absolute atomic E-state index is 0.0730. The van der Waals surface area contributed by atoms with Gasteiger partial charge in [-0.2, -0.15) is 26.7 Å². The summed E-state index contributed by atoms with van der Waals surface area (Å²) in [6, 6.07) is 10.4. The first-order valence-corrected chi connectivity index (χ1v) is 11.4. The van der Waals surface area contributed by atoms with Crippen LogP contribution in [-0.2, 0) is 27.4 Å². The topological polar surface area (TPSA) is 96.7 Å². The number of hydrogen-bond acceptors (Lipinski definition) is 4. The van der Waals surface area contributed by atoms with Gasteiger partial charge in [0.1, 0.15) is 11.2 Å². The second kappa shape index (κ2) is 9.85. The highest BCUT2D eigenvalue weighted by Gasteiger charge is 2.33. The Morgan fingerprint density at radius 3 is 2.56 bits per heavy atom. The monoisotopic (exact) mass is 513 g/mol. The lowest BCUT2D eigenvalue weighted by Crippen LogP contribution is -2.16. The van der Waals surface area contributed by atoms with E-state index in [0.717, 1.165) is 17.1 Å². The third-order valence-corrected chi connectivity index (χ3v) is 6.03. The van der Waals surface area contributed by atoms with Gasteiger partial charge in [0.2, 0.25) is 5.91 Å². The van der Waals surface area contributed by atoms with Crippen molar-refractivity contribution in [1.82, 2.24) is 14.7 Å². The first-order valence-electron chi connectivity index (χ1n) is 9.63. The summed E-state index contributed by atoms with van der Waals surface area (Å²) in [5.41, 5.74) is -0.555. The molecule has 1 aromatic heterocycles. The standard InChI is InChI=1S/C21H19ClF3N5O3S/c1-29(2)13-27-34(32,33)19-10-16(28-20(31)9-14-5-3-4-6-17(14)22)7-8-18(19)30-12-15(11-26-30)21(23,24)25/h3-8,10-13H,9H2,1-2H3,(H,28,31). The van der Waals surface area contributed by atoms with Crippen molar-refractivity contribution in [2.24, 2.45) is 4.40 Å². The van der Waals surface area contributed by atoms with Gasteiger partial charge in [0.25, 0.3) is 10.0 Å². The molecule has 8 nitrogen and oxygen atoms in total. The summed E-state index contributed by atoms with van der Waals surface area (Å²) in [6.45, 7) is 0. The fourth-order valence-electron chi connectivity index (χ4n) is 2.82. The number of nitrogens with zero attached hydrogens (tertiary/aromatic N) is 4. The third-order valence-electron chi connectivity index (χ3n) is 4.40. The molecule has 0 atom stereocenters. The van der Waals surface area contributed by atoms with E-state index in [0.29, 0.717) is 23.0 Å². The molecule has 0 bridgehead atoms. The Morgan fingerprint density at radius 1 is 1.24 bits per heavy atom. The average molecular weight is 514 g/mol. The lowest BCUT2D eigenvalue weighted by atomic mass is 10.1. The summed E-state index contributed by atoms with van der Waals surface area (Å²) in [5, 5.41) is 6.61. The van der Waals surface area contributed by atoms with E-state index >= 15 is 0 Å². The molecule has 13 heteroatoms. The predicted octanol–water partition coefficient (Wildman–Crippen LogP) is 4.00. The molecule has 2 aromatic carbocycles. The molecule has 1 heterocycles. The van der Waals surface area contributed by atoms with Crippen molar-refractivity contribution in [3.8, 4) is 5.69 Å². The molecule has 0 radical (unpaired) electrons. The van der Waals surface area contributed by atoms with Gasteiger partial charge in [-0.25, -0.2) is 4.68 Å². The molecular formula is C21H19ClF3N5O3S. The first-order chi connectivity index (χ1) is 15.9. The van der Waals surface area contributed by atoms with Crippen LogP contribution >= 0.6 is 11.6 Å². The predicted molar refractivity (Wildman–Crippen MR) is 122 cm³/mol. The number of aromatic nitrogens is 2. The molecule has 0 saturated heterocycles. The van der Waals surface area contributed by atoms with Crippen LogP contribution in [0.3, 0.4) is 0 Å². The van der Waals surface area contributed by atoms with Crippen LogP contribution in [0.2, 0.25) is 5.02 Å². The van der Waals surface area contributed by atoms with E-state index in [1.165, 1.54) is 17.0 Å². The van der Waals surface area contributed by atoms with Crippen LogP contribution in [0.5, 0.6) is 0 Å². The van der Waals surface area contributed by atoms with Crippen LogP contribution < -0.4 is 5.32 Å². The van der Waals surface area contributed by atoms with Crippen LogP contribution in [0.4, 0.5) is 18.9 Å². The van der Waals surface area contributed by atoms with Gasteiger partial charge >= 0.3 is 6.18 Å². The first kappa shape index (κ1) is 25.2. The number of nitrogens with one attached hydrogen (secondary N) is 1. The Balaban J connectivity index is 2.00. The number of carbonyl (C=O) groups is 1. The van der Waals surface area contributed by atoms with Crippen molar-refractivity contribution in [1.29, 1.82) is 0 Å². The smallest absolute Gasteiger partial charge is 0.368 e. The van der Waals surface area contributed by atoms with Crippen molar-refractivity contribution in [2.75, 3.05) is 19.4 Å². The molecule has 0 fully saturated rings. The van der Waals surface area contributed by atoms with Crippen LogP contribution in [0.15, 0.2) is 64.2 Å². The highest BCUT2D eigenvalue weighted by Crippen LogP contribution is 2.31. The third kappa shape index (κ3) is 6.14. The Kier molecular flexibility index (Phi) is 7.32. The molecule has 0 aliphatic carbocycles. The van der Waals surface area contributed by atoms with Gasteiger partial charge in [-0.15, -0.1) is 4.40 Å². The fraction of sp³-hybridized carbons (Fsp3) is 0.190. The average Bonchev–Trinajstić information content (AvgIpc) is 3.25. The maximum Gasteiger partial charge on any atom is 0.419 e. The Labute approximate surface area is 198 Å². The Morgan fingerprint density at radius 2 is 1.94 bits per heavy atom. The molecule has 1 N–H and O–H groups in total. The summed E-state index contributed by atoms with van der Waals surface area (Å²) in [7, 11) is -1.27. The maximum absolute atomic E-state index is 13.0. The maximum atomic E-state index is 13.0. The van der Waals surface area contributed by atoms with Gasteiger partial charge < -0.3 is 10.2 Å². The second-order valence-electron chi connectivity index (χ2n) is 7.33. The van der Waals surface area contributed by atoms with Gasteiger partial charge in [0.05, 0.1) is 23.9 Å². The van der Waals surface area contributed by atoms with Gasteiger partial charge in [-0.1, -0.05) is 29.8 Å². The number of alkyl halides is 3. The van der Waals surface area contributed by atoms with Crippen LogP contribution in [0.1, 0.15) is 11.1 Å². The summed E-state index contributed by atoms with van der Waals surface area (Å²) in [6.07, 6.45) is -2.45. The zero-order valence-electron chi connectivity index (χ0n) is 17.9. The number of halogens is 4. The molecule has 3 rings (SSSR count). The molecule has 3 aromatic rings. The highest BCUT2D eigenvalue weighted by molar-refractivity contribution is 7.90. The van der Waals surface area contributed by atoms with Crippen LogP contribution in [-0.4, -0.2) is 49.4 Å². The lowest BCUT2D eigenvalue weighted by molar-refractivity contribution is -0.137. The number of sulfonamides is 1. The molecule has 0 aliphatic rings. The zero-order valence-corrected chi connectivity index (χ0v) is 19.5. The van der Waals surface area contributed by atoms with Gasteiger partial charge in [0, 0.05) is 31.0 Å². The lowest BCUT2D eigenvalue weighted by Gasteiger charge is -2.12. The van der Waals surface area contributed by atoms with E-state index < -0.39 is 32.6 Å². The van der Waals surface area contributed by atoms with E-state index in [4.69, 9.17) is 11.6 Å². The number of carbonyl (C=O) groups excluding carboxylic acids is 1. The summed E-state index contributed by atoms with van der Waals surface area (Å²) < 4.78 is 69.2. The van der Waals surface area contributed by atoms with Crippen LogP contribution in [0.25, 0.3) is 5.69 Å². The SMILES string of the molecule is CN(C)C=NS(=O)(=O)c1cc(NC(=O)Cc2ccccc2Cl)ccc1-n1cc(C(F)(F)F)cn1. The van der Waals surface area contributed by atoms with E-state index in [2.05, 4.69) is 14.8 Å². The summed E-state index contributed by atoms with van der Waals surface area (Å²) in [5.74, 6) is -0.473. The molecule has 34 heavy (non-hydrogen) atoms. The zero-order chi connectivity index (χ0) is 25.1. The van der Waals surface area contributed by atoms with Crippen molar-refractivity contribution < 1.29 is 26.4 Å². The molecule has 0 saturated carbocycles. The molecule has 0 spiro atoms. The van der Waals surface area contributed by atoms with E-state index in [1.807, 2.05) is 0 Å². The van der Waals surface area contributed by atoms with Crippen molar-refractivity contribution >= 4 is 39.6 Å².